The van der Waals surface area contributed by atoms with Crippen molar-refractivity contribution in [2.45, 2.75) is 26.7 Å². The Morgan fingerprint density at radius 1 is 0.947 bits per heavy atom. The molecule has 0 fully saturated rings. The highest BCUT2D eigenvalue weighted by atomic mass is 16.1. The van der Waals surface area contributed by atoms with Gasteiger partial charge in [0.2, 0.25) is 0 Å². The van der Waals surface area contributed by atoms with E-state index in [-0.39, 0.29) is 11.7 Å². The summed E-state index contributed by atoms with van der Waals surface area (Å²) in [6, 6.07) is 18.2. The summed E-state index contributed by atoms with van der Waals surface area (Å²) in [4.78, 5) is 12.2. The third kappa shape index (κ3) is 3.31. The molecule has 0 bridgehead atoms. The fourth-order valence-corrected chi connectivity index (χ4v) is 2.31. The van der Waals surface area contributed by atoms with Gasteiger partial charge in [0.25, 0.3) is 0 Å². The normalized spacial score (nSPS) is 12.1. The molecule has 1 unspecified atom stereocenters. The van der Waals surface area contributed by atoms with Crippen LogP contribution in [0.2, 0.25) is 0 Å². The SMILES string of the molecule is CCCC(C)C(=O)c1ccc(-c2ccccc2)cc1. The van der Waals surface area contributed by atoms with Crippen molar-refractivity contribution in [3.05, 3.63) is 60.2 Å². The first-order chi connectivity index (χ1) is 9.22. The van der Waals surface area contributed by atoms with Gasteiger partial charge in [-0.25, -0.2) is 0 Å². The van der Waals surface area contributed by atoms with Gasteiger partial charge in [0.1, 0.15) is 0 Å². The minimum absolute atomic E-state index is 0.118. The van der Waals surface area contributed by atoms with Crippen LogP contribution in [-0.4, -0.2) is 5.78 Å². The van der Waals surface area contributed by atoms with Crippen LogP contribution in [0.3, 0.4) is 0 Å². The summed E-state index contributed by atoms with van der Waals surface area (Å²) in [7, 11) is 0. The number of rotatable bonds is 5. The lowest BCUT2D eigenvalue weighted by Gasteiger charge is -2.09. The Morgan fingerprint density at radius 3 is 2.11 bits per heavy atom. The third-order valence-electron chi connectivity index (χ3n) is 3.45. The Bertz CT molecular complexity index is 525. The Morgan fingerprint density at radius 2 is 1.53 bits per heavy atom. The van der Waals surface area contributed by atoms with E-state index >= 15 is 0 Å². The van der Waals surface area contributed by atoms with Gasteiger partial charge in [0.05, 0.1) is 0 Å². The van der Waals surface area contributed by atoms with Crippen LogP contribution in [0.15, 0.2) is 54.6 Å². The maximum Gasteiger partial charge on any atom is 0.165 e. The van der Waals surface area contributed by atoms with Crippen molar-refractivity contribution in [3.63, 3.8) is 0 Å². The molecule has 0 aliphatic carbocycles. The molecule has 2 aromatic rings. The number of carbonyl (C=O) groups excluding carboxylic acids is 1. The van der Waals surface area contributed by atoms with E-state index in [0.29, 0.717) is 0 Å². The van der Waals surface area contributed by atoms with Gasteiger partial charge in [0.15, 0.2) is 5.78 Å². The molecule has 98 valence electrons. The van der Waals surface area contributed by atoms with Crippen LogP contribution in [-0.2, 0) is 0 Å². The van der Waals surface area contributed by atoms with Crippen molar-refractivity contribution < 1.29 is 4.79 Å². The van der Waals surface area contributed by atoms with Crippen LogP contribution >= 0.6 is 0 Å². The quantitative estimate of drug-likeness (QED) is 0.686. The van der Waals surface area contributed by atoms with E-state index in [2.05, 4.69) is 19.1 Å². The molecule has 0 aliphatic heterocycles. The first-order valence-electron chi connectivity index (χ1n) is 6.92. The van der Waals surface area contributed by atoms with E-state index in [1.54, 1.807) is 0 Å². The van der Waals surface area contributed by atoms with Crippen molar-refractivity contribution in [3.8, 4) is 11.1 Å². The topological polar surface area (TPSA) is 17.1 Å². The first-order valence-corrected chi connectivity index (χ1v) is 6.92. The zero-order chi connectivity index (χ0) is 13.7. The fraction of sp³-hybridized carbons (Fsp3) is 0.278. The van der Waals surface area contributed by atoms with E-state index in [0.717, 1.165) is 24.0 Å². The van der Waals surface area contributed by atoms with Gasteiger partial charge in [-0.05, 0) is 17.5 Å². The van der Waals surface area contributed by atoms with E-state index < -0.39 is 0 Å². The molecule has 0 heterocycles. The number of ketones is 1. The molecule has 0 aliphatic rings. The zero-order valence-corrected chi connectivity index (χ0v) is 11.6. The molecule has 1 heteroatoms. The van der Waals surface area contributed by atoms with Gasteiger partial charge in [-0.2, -0.15) is 0 Å². The van der Waals surface area contributed by atoms with Crippen molar-refractivity contribution in [1.82, 2.24) is 0 Å². The molecule has 0 aromatic heterocycles. The molecular weight excluding hydrogens is 232 g/mol. The number of Topliss-reactive ketones (excluding diaryl/α,β-unsaturated/α-hetero) is 1. The number of carbonyl (C=O) groups is 1. The number of hydrogen-bond donors (Lipinski definition) is 0. The van der Waals surface area contributed by atoms with E-state index in [1.165, 1.54) is 5.56 Å². The molecule has 2 rings (SSSR count). The van der Waals surface area contributed by atoms with Crippen molar-refractivity contribution in [2.75, 3.05) is 0 Å². The lowest BCUT2D eigenvalue weighted by Crippen LogP contribution is -2.10. The fourth-order valence-electron chi connectivity index (χ4n) is 2.31. The first kappa shape index (κ1) is 13.5. The number of benzene rings is 2. The van der Waals surface area contributed by atoms with Gasteiger partial charge < -0.3 is 0 Å². The maximum absolute atomic E-state index is 12.2. The Labute approximate surface area is 115 Å². The molecule has 0 spiro atoms. The van der Waals surface area contributed by atoms with Crippen molar-refractivity contribution in [1.29, 1.82) is 0 Å². The largest absolute Gasteiger partial charge is 0.294 e. The Kier molecular flexibility index (Phi) is 4.51. The summed E-state index contributed by atoms with van der Waals surface area (Å²) in [6.07, 6.45) is 2.01. The second kappa shape index (κ2) is 6.33. The standard InChI is InChI=1S/C18H20O/c1-3-7-14(2)18(19)17-12-10-16(11-13-17)15-8-5-4-6-9-15/h4-6,8-14H,3,7H2,1-2H3. The summed E-state index contributed by atoms with van der Waals surface area (Å²) < 4.78 is 0. The van der Waals surface area contributed by atoms with Crippen LogP contribution < -0.4 is 0 Å². The van der Waals surface area contributed by atoms with E-state index in [4.69, 9.17) is 0 Å². The van der Waals surface area contributed by atoms with Crippen molar-refractivity contribution in [2.24, 2.45) is 5.92 Å². The van der Waals surface area contributed by atoms with Crippen LogP contribution in [0.25, 0.3) is 11.1 Å². The molecule has 1 atom stereocenters. The Balaban J connectivity index is 2.17. The van der Waals surface area contributed by atoms with Crippen LogP contribution in [0.5, 0.6) is 0 Å². The molecule has 0 saturated carbocycles. The maximum atomic E-state index is 12.2. The Hall–Kier alpha value is -1.89. The van der Waals surface area contributed by atoms with Gasteiger partial charge >= 0.3 is 0 Å². The van der Waals surface area contributed by atoms with Crippen LogP contribution in [0.1, 0.15) is 37.0 Å². The molecule has 0 radical (unpaired) electrons. The number of hydrogen-bond acceptors (Lipinski definition) is 1. The third-order valence-corrected chi connectivity index (χ3v) is 3.45. The van der Waals surface area contributed by atoms with E-state index in [9.17, 15) is 4.79 Å². The predicted octanol–water partition coefficient (Wildman–Crippen LogP) is 4.97. The molecular formula is C18H20O. The minimum Gasteiger partial charge on any atom is -0.294 e. The predicted molar refractivity (Wildman–Crippen MR) is 80.3 cm³/mol. The summed E-state index contributed by atoms with van der Waals surface area (Å²) in [5, 5.41) is 0. The summed E-state index contributed by atoms with van der Waals surface area (Å²) in [5.41, 5.74) is 3.16. The zero-order valence-electron chi connectivity index (χ0n) is 11.6. The second-order valence-electron chi connectivity index (χ2n) is 5.00. The summed E-state index contributed by atoms with van der Waals surface area (Å²) in [6.45, 7) is 4.12. The van der Waals surface area contributed by atoms with Gasteiger partial charge in [-0.15, -0.1) is 0 Å². The van der Waals surface area contributed by atoms with Crippen molar-refractivity contribution >= 4 is 5.78 Å². The smallest absolute Gasteiger partial charge is 0.165 e. The minimum atomic E-state index is 0.118. The highest BCUT2D eigenvalue weighted by molar-refractivity contribution is 5.98. The van der Waals surface area contributed by atoms with Gasteiger partial charge in [-0.1, -0.05) is 74.9 Å². The summed E-state index contributed by atoms with van der Waals surface area (Å²) in [5.74, 6) is 0.369. The molecule has 0 N–H and O–H groups in total. The molecule has 0 amide bonds. The highest BCUT2D eigenvalue weighted by Gasteiger charge is 2.13. The van der Waals surface area contributed by atoms with Crippen LogP contribution in [0.4, 0.5) is 0 Å². The monoisotopic (exact) mass is 252 g/mol. The average Bonchev–Trinajstić information content (AvgIpc) is 2.48. The van der Waals surface area contributed by atoms with Gasteiger partial charge in [0, 0.05) is 11.5 Å². The lowest BCUT2D eigenvalue weighted by molar-refractivity contribution is 0.0923. The molecule has 19 heavy (non-hydrogen) atoms. The highest BCUT2D eigenvalue weighted by Crippen LogP contribution is 2.21. The molecule has 2 aromatic carbocycles. The van der Waals surface area contributed by atoms with E-state index in [1.807, 2.05) is 49.4 Å². The average molecular weight is 252 g/mol. The lowest BCUT2D eigenvalue weighted by atomic mass is 9.94. The molecule has 1 nitrogen and oxygen atoms in total. The van der Waals surface area contributed by atoms with Crippen LogP contribution in [0, 0.1) is 5.92 Å². The summed E-state index contributed by atoms with van der Waals surface area (Å²) >= 11 is 0. The van der Waals surface area contributed by atoms with Gasteiger partial charge in [-0.3, -0.25) is 4.79 Å². The second-order valence-corrected chi connectivity index (χ2v) is 5.00. The molecule has 0 saturated heterocycles.